The van der Waals surface area contributed by atoms with Gasteiger partial charge in [-0.1, -0.05) is 11.8 Å². The molecule has 7 nitrogen and oxygen atoms in total. The summed E-state index contributed by atoms with van der Waals surface area (Å²) in [5.41, 5.74) is 1.09. The predicted molar refractivity (Wildman–Crippen MR) is 112 cm³/mol. The number of anilines is 1. The number of benzene rings is 2. The number of ether oxygens (including phenoxy) is 1. The highest BCUT2D eigenvalue weighted by atomic mass is 32.2. The van der Waals surface area contributed by atoms with Crippen LogP contribution in [-0.2, 0) is 17.8 Å². The van der Waals surface area contributed by atoms with Gasteiger partial charge in [-0.2, -0.15) is 0 Å². The van der Waals surface area contributed by atoms with E-state index < -0.39 is 0 Å². The molecule has 0 aliphatic rings. The number of amides is 1. The molecule has 9 heteroatoms. The summed E-state index contributed by atoms with van der Waals surface area (Å²) in [6.07, 6.45) is 0.0549. The number of nitrogens with zero attached hydrogens (tertiary/aromatic N) is 3. The van der Waals surface area contributed by atoms with E-state index in [0.29, 0.717) is 34.5 Å². The van der Waals surface area contributed by atoms with Crippen LogP contribution in [0.4, 0.5) is 10.1 Å². The highest BCUT2D eigenvalue weighted by molar-refractivity contribution is 7.99. The van der Waals surface area contributed by atoms with Crippen LogP contribution in [0.25, 0.3) is 0 Å². The molecule has 0 aliphatic heterocycles. The van der Waals surface area contributed by atoms with Crippen LogP contribution in [0.5, 0.6) is 5.75 Å². The number of rotatable bonds is 9. The molecular formula is C21H21FN4O3S. The van der Waals surface area contributed by atoms with Crippen molar-refractivity contribution in [2.24, 2.45) is 0 Å². The standard InChI is InChI=1S/C21H21FN4O3S/c1-3-26-19(12-20(28)23-16-8-10-17(29-2)11-9-16)24-25-21(26)30-13-18(27)14-4-6-15(22)7-5-14/h4-11H,3,12-13H2,1-2H3,(H,23,28). The third-order valence-corrected chi connectivity index (χ3v) is 5.27. The molecule has 3 rings (SSSR count). The Kier molecular flexibility index (Phi) is 7.18. The smallest absolute Gasteiger partial charge is 0.232 e. The van der Waals surface area contributed by atoms with Crippen molar-refractivity contribution in [3.05, 3.63) is 65.7 Å². The Hall–Kier alpha value is -3.20. The normalized spacial score (nSPS) is 10.6. The van der Waals surface area contributed by atoms with Gasteiger partial charge >= 0.3 is 0 Å². The van der Waals surface area contributed by atoms with Crippen molar-refractivity contribution in [3.8, 4) is 5.75 Å². The molecule has 0 fully saturated rings. The van der Waals surface area contributed by atoms with Crippen LogP contribution in [0.1, 0.15) is 23.1 Å². The van der Waals surface area contributed by atoms with Gasteiger partial charge < -0.3 is 14.6 Å². The van der Waals surface area contributed by atoms with Gasteiger partial charge in [-0.25, -0.2) is 4.39 Å². The third-order valence-electron chi connectivity index (χ3n) is 4.30. The molecule has 1 heterocycles. The van der Waals surface area contributed by atoms with Gasteiger partial charge in [0.05, 0.1) is 19.3 Å². The SMILES string of the molecule is CCn1c(CC(=O)Nc2ccc(OC)cc2)nnc1SCC(=O)c1ccc(F)cc1. The summed E-state index contributed by atoms with van der Waals surface area (Å²) in [4.78, 5) is 24.7. The first-order chi connectivity index (χ1) is 14.5. The molecule has 156 valence electrons. The van der Waals surface area contributed by atoms with E-state index in [4.69, 9.17) is 4.74 Å². The number of nitrogens with one attached hydrogen (secondary N) is 1. The number of Topliss-reactive ketones (excluding diaryl/α,β-unsaturated/α-hetero) is 1. The number of hydrogen-bond donors (Lipinski definition) is 1. The average Bonchev–Trinajstić information content (AvgIpc) is 3.14. The number of carbonyl (C=O) groups excluding carboxylic acids is 2. The maximum Gasteiger partial charge on any atom is 0.232 e. The van der Waals surface area contributed by atoms with Crippen LogP contribution in [0, 0.1) is 5.82 Å². The minimum absolute atomic E-state index is 0.0549. The van der Waals surface area contributed by atoms with Gasteiger partial charge in [-0.15, -0.1) is 10.2 Å². The maximum absolute atomic E-state index is 13.0. The highest BCUT2D eigenvalue weighted by Crippen LogP contribution is 2.20. The molecule has 0 spiro atoms. The van der Waals surface area contributed by atoms with Crippen LogP contribution < -0.4 is 10.1 Å². The topological polar surface area (TPSA) is 86.1 Å². The number of thioether (sulfide) groups is 1. The summed E-state index contributed by atoms with van der Waals surface area (Å²) in [6, 6.07) is 12.5. The minimum atomic E-state index is -0.387. The Bertz CT molecular complexity index is 1020. The number of methoxy groups -OCH3 is 1. The quantitative estimate of drug-likeness (QED) is 0.414. The van der Waals surface area contributed by atoms with E-state index in [9.17, 15) is 14.0 Å². The first kappa shape index (κ1) is 21.5. The lowest BCUT2D eigenvalue weighted by Gasteiger charge is -2.08. The van der Waals surface area contributed by atoms with Crippen molar-refractivity contribution >= 4 is 29.1 Å². The lowest BCUT2D eigenvalue weighted by molar-refractivity contribution is -0.115. The molecule has 0 radical (unpaired) electrons. The first-order valence-corrected chi connectivity index (χ1v) is 10.3. The molecule has 0 unspecified atom stereocenters. The van der Waals surface area contributed by atoms with Gasteiger partial charge in [-0.3, -0.25) is 9.59 Å². The summed E-state index contributed by atoms with van der Waals surface area (Å²) < 4.78 is 19.9. The van der Waals surface area contributed by atoms with Crippen LogP contribution in [-0.4, -0.2) is 39.3 Å². The molecule has 0 saturated heterocycles. The molecule has 30 heavy (non-hydrogen) atoms. The van der Waals surface area contributed by atoms with Gasteiger partial charge in [-0.05, 0) is 55.5 Å². The number of ketones is 1. The second-order valence-electron chi connectivity index (χ2n) is 6.32. The second-order valence-corrected chi connectivity index (χ2v) is 7.26. The van der Waals surface area contributed by atoms with E-state index in [1.807, 2.05) is 6.92 Å². The molecular weight excluding hydrogens is 407 g/mol. The summed E-state index contributed by atoms with van der Waals surface area (Å²) >= 11 is 1.24. The van der Waals surface area contributed by atoms with Crippen molar-refractivity contribution in [3.63, 3.8) is 0 Å². The average molecular weight is 428 g/mol. The summed E-state index contributed by atoms with van der Waals surface area (Å²) in [5, 5.41) is 11.6. The zero-order valence-corrected chi connectivity index (χ0v) is 17.4. The molecule has 0 atom stereocenters. The molecule has 0 bridgehead atoms. The Morgan fingerprint density at radius 2 is 1.80 bits per heavy atom. The van der Waals surface area contributed by atoms with Gasteiger partial charge in [0.25, 0.3) is 0 Å². The minimum Gasteiger partial charge on any atom is -0.497 e. The van der Waals surface area contributed by atoms with Crippen LogP contribution in [0.3, 0.4) is 0 Å². The predicted octanol–water partition coefficient (Wildman–Crippen LogP) is 3.60. The Balaban J connectivity index is 1.60. The van der Waals surface area contributed by atoms with E-state index in [-0.39, 0.29) is 29.7 Å². The fourth-order valence-electron chi connectivity index (χ4n) is 2.75. The summed E-state index contributed by atoms with van der Waals surface area (Å²) in [5.74, 6) is 0.617. The van der Waals surface area contributed by atoms with E-state index in [0.717, 1.165) is 0 Å². The largest absolute Gasteiger partial charge is 0.497 e. The van der Waals surface area contributed by atoms with Gasteiger partial charge in [0.15, 0.2) is 10.9 Å². The Morgan fingerprint density at radius 3 is 2.43 bits per heavy atom. The molecule has 2 aromatic carbocycles. The number of aromatic nitrogens is 3. The van der Waals surface area contributed by atoms with Crippen molar-refractivity contribution in [2.75, 3.05) is 18.2 Å². The lowest BCUT2D eigenvalue weighted by atomic mass is 10.1. The van der Waals surface area contributed by atoms with Crippen LogP contribution in [0.2, 0.25) is 0 Å². The van der Waals surface area contributed by atoms with Crippen LogP contribution in [0.15, 0.2) is 53.7 Å². The Morgan fingerprint density at radius 1 is 1.10 bits per heavy atom. The highest BCUT2D eigenvalue weighted by Gasteiger charge is 2.16. The number of halogens is 1. The molecule has 3 aromatic rings. The first-order valence-electron chi connectivity index (χ1n) is 9.27. The van der Waals surface area contributed by atoms with Crippen molar-refractivity contribution in [1.29, 1.82) is 0 Å². The molecule has 0 aliphatic carbocycles. The van der Waals surface area contributed by atoms with Gasteiger partial charge in [0.1, 0.15) is 17.4 Å². The zero-order chi connectivity index (χ0) is 21.5. The fraction of sp³-hybridized carbons (Fsp3) is 0.238. The van der Waals surface area contributed by atoms with E-state index in [1.54, 1.807) is 35.9 Å². The summed E-state index contributed by atoms with van der Waals surface area (Å²) in [6.45, 7) is 2.48. The number of hydrogen-bond acceptors (Lipinski definition) is 6. The summed E-state index contributed by atoms with van der Waals surface area (Å²) in [7, 11) is 1.58. The zero-order valence-electron chi connectivity index (χ0n) is 16.6. The molecule has 0 saturated carbocycles. The monoisotopic (exact) mass is 428 g/mol. The van der Waals surface area contributed by atoms with Crippen LogP contribution >= 0.6 is 11.8 Å². The van der Waals surface area contributed by atoms with Gasteiger partial charge in [0.2, 0.25) is 5.91 Å². The van der Waals surface area contributed by atoms with Crippen molar-refractivity contribution in [1.82, 2.24) is 14.8 Å². The Labute approximate surface area is 177 Å². The second kappa shape index (κ2) is 10.0. The van der Waals surface area contributed by atoms with E-state index in [1.165, 1.54) is 36.0 Å². The molecule has 1 N–H and O–H groups in total. The maximum atomic E-state index is 13.0. The van der Waals surface area contributed by atoms with Crippen molar-refractivity contribution in [2.45, 2.75) is 25.0 Å². The van der Waals surface area contributed by atoms with E-state index in [2.05, 4.69) is 15.5 Å². The fourth-order valence-corrected chi connectivity index (χ4v) is 3.66. The molecule has 1 aromatic heterocycles. The number of carbonyl (C=O) groups is 2. The lowest BCUT2D eigenvalue weighted by Crippen LogP contribution is -2.17. The molecule has 1 amide bonds. The van der Waals surface area contributed by atoms with Gasteiger partial charge in [0, 0.05) is 17.8 Å². The van der Waals surface area contributed by atoms with Crippen molar-refractivity contribution < 1.29 is 18.7 Å². The third kappa shape index (κ3) is 5.44. The van der Waals surface area contributed by atoms with E-state index >= 15 is 0 Å².